The minimum Gasteiger partial charge on any atom is -0.326 e. The lowest BCUT2D eigenvalue weighted by Gasteiger charge is -1.96. The predicted molar refractivity (Wildman–Crippen MR) is 70.8 cm³/mol. The van der Waals surface area contributed by atoms with E-state index in [-0.39, 0.29) is 0 Å². The van der Waals surface area contributed by atoms with Crippen molar-refractivity contribution in [2.45, 2.75) is 6.54 Å². The first-order valence-electron chi connectivity index (χ1n) is 5.48. The third-order valence-corrected chi connectivity index (χ3v) is 3.41. The largest absolute Gasteiger partial charge is 0.326 e. The lowest BCUT2D eigenvalue weighted by Crippen LogP contribution is -1.97. The molecule has 6 heteroatoms. The fourth-order valence-electron chi connectivity index (χ4n) is 1.58. The number of aromatic amines is 1. The van der Waals surface area contributed by atoms with E-state index in [1.54, 1.807) is 17.5 Å². The topological polar surface area (TPSA) is 80.5 Å². The van der Waals surface area contributed by atoms with Gasteiger partial charge in [-0.15, -0.1) is 11.3 Å². The van der Waals surface area contributed by atoms with E-state index in [9.17, 15) is 0 Å². The van der Waals surface area contributed by atoms with Gasteiger partial charge in [0.1, 0.15) is 5.69 Å². The summed E-state index contributed by atoms with van der Waals surface area (Å²) in [4.78, 5) is 9.78. The molecule has 0 radical (unpaired) electrons. The molecule has 3 N–H and O–H groups in total. The number of thiophene rings is 1. The maximum absolute atomic E-state index is 5.53. The van der Waals surface area contributed by atoms with Crippen molar-refractivity contribution in [2.24, 2.45) is 5.73 Å². The van der Waals surface area contributed by atoms with Gasteiger partial charge in [0.2, 0.25) is 0 Å². The second kappa shape index (κ2) is 4.67. The van der Waals surface area contributed by atoms with E-state index in [1.165, 1.54) is 0 Å². The molecule has 3 aromatic heterocycles. The van der Waals surface area contributed by atoms with Crippen LogP contribution < -0.4 is 5.73 Å². The van der Waals surface area contributed by atoms with Crippen LogP contribution in [0.2, 0.25) is 0 Å². The van der Waals surface area contributed by atoms with E-state index in [0.717, 1.165) is 22.0 Å². The molecule has 3 heterocycles. The van der Waals surface area contributed by atoms with Crippen LogP contribution >= 0.6 is 11.3 Å². The number of H-pyrrole nitrogens is 1. The molecule has 18 heavy (non-hydrogen) atoms. The molecular weight excluding hydrogens is 246 g/mol. The Labute approximate surface area is 108 Å². The molecule has 0 amide bonds. The van der Waals surface area contributed by atoms with Gasteiger partial charge in [0, 0.05) is 12.7 Å². The molecule has 0 atom stereocenters. The minimum absolute atomic E-state index is 0.488. The Hall–Kier alpha value is -2.05. The molecule has 90 valence electrons. The first kappa shape index (κ1) is 11.1. The van der Waals surface area contributed by atoms with Gasteiger partial charge in [-0.1, -0.05) is 12.1 Å². The van der Waals surface area contributed by atoms with Crippen LogP contribution in [-0.4, -0.2) is 20.2 Å². The van der Waals surface area contributed by atoms with E-state index in [0.29, 0.717) is 12.4 Å². The molecule has 0 saturated heterocycles. The number of rotatable bonds is 3. The Balaban J connectivity index is 1.92. The van der Waals surface area contributed by atoms with Gasteiger partial charge in [-0.2, -0.15) is 5.10 Å². The lowest BCUT2D eigenvalue weighted by atomic mass is 10.2. The van der Waals surface area contributed by atoms with Crippen LogP contribution in [0.3, 0.4) is 0 Å². The number of pyridine rings is 1. The van der Waals surface area contributed by atoms with E-state index in [1.807, 2.05) is 29.6 Å². The average molecular weight is 257 g/mol. The fourth-order valence-corrected chi connectivity index (χ4v) is 2.24. The molecule has 0 fully saturated rings. The van der Waals surface area contributed by atoms with Crippen molar-refractivity contribution in [2.75, 3.05) is 0 Å². The summed E-state index contributed by atoms with van der Waals surface area (Å²) in [5.41, 5.74) is 7.27. The summed E-state index contributed by atoms with van der Waals surface area (Å²) < 4.78 is 0. The number of nitrogens with zero attached hydrogens (tertiary/aromatic N) is 3. The highest BCUT2D eigenvalue weighted by atomic mass is 32.1. The summed E-state index contributed by atoms with van der Waals surface area (Å²) >= 11 is 1.62. The Kier molecular flexibility index (Phi) is 2.87. The Morgan fingerprint density at radius 1 is 1.28 bits per heavy atom. The van der Waals surface area contributed by atoms with E-state index in [2.05, 4.69) is 20.2 Å². The molecule has 3 rings (SSSR count). The second-order valence-corrected chi connectivity index (χ2v) is 4.69. The van der Waals surface area contributed by atoms with Crippen LogP contribution in [0, 0.1) is 0 Å². The van der Waals surface area contributed by atoms with Gasteiger partial charge >= 0.3 is 0 Å². The van der Waals surface area contributed by atoms with Crippen molar-refractivity contribution in [1.82, 2.24) is 20.2 Å². The van der Waals surface area contributed by atoms with Gasteiger partial charge < -0.3 is 5.73 Å². The highest BCUT2D eigenvalue weighted by molar-refractivity contribution is 7.13. The maximum Gasteiger partial charge on any atom is 0.200 e. The summed E-state index contributed by atoms with van der Waals surface area (Å²) in [5.74, 6) is 1.37. The van der Waals surface area contributed by atoms with Crippen molar-refractivity contribution < 1.29 is 0 Å². The van der Waals surface area contributed by atoms with Crippen molar-refractivity contribution in [3.05, 3.63) is 41.4 Å². The number of aromatic nitrogens is 4. The number of nitrogens with one attached hydrogen (secondary N) is 1. The van der Waals surface area contributed by atoms with Gasteiger partial charge in [0.25, 0.3) is 0 Å². The Morgan fingerprint density at radius 3 is 2.89 bits per heavy atom. The second-order valence-electron chi connectivity index (χ2n) is 3.74. The van der Waals surface area contributed by atoms with Crippen molar-refractivity contribution >= 4 is 11.3 Å². The zero-order chi connectivity index (χ0) is 12.4. The lowest BCUT2D eigenvalue weighted by molar-refractivity contribution is 1.04. The first-order chi connectivity index (χ1) is 8.86. The third-order valence-electron chi connectivity index (χ3n) is 2.53. The molecule has 0 aliphatic heterocycles. The van der Waals surface area contributed by atoms with Gasteiger partial charge in [-0.05, 0) is 23.1 Å². The smallest absolute Gasteiger partial charge is 0.200 e. The molecule has 5 nitrogen and oxygen atoms in total. The van der Waals surface area contributed by atoms with Crippen LogP contribution in [0.1, 0.15) is 5.56 Å². The van der Waals surface area contributed by atoms with E-state index < -0.39 is 0 Å². The van der Waals surface area contributed by atoms with Gasteiger partial charge in [0.05, 0.1) is 4.88 Å². The Bertz CT molecular complexity index is 627. The zero-order valence-electron chi connectivity index (χ0n) is 9.50. The number of nitrogens with two attached hydrogens (primary N) is 1. The minimum atomic E-state index is 0.488. The average Bonchev–Trinajstić information content (AvgIpc) is 3.09. The molecule has 0 aromatic carbocycles. The van der Waals surface area contributed by atoms with Crippen LogP contribution in [0.5, 0.6) is 0 Å². The molecule has 0 bridgehead atoms. The van der Waals surface area contributed by atoms with Crippen molar-refractivity contribution in [1.29, 1.82) is 0 Å². The zero-order valence-corrected chi connectivity index (χ0v) is 10.3. The predicted octanol–water partition coefficient (Wildman–Crippen LogP) is 2.05. The molecule has 0 spiro atoms. The first-order valence-corrected chi connectivity index (χ1v) is 6.36. The summed E-state index contributed by atoms with van der Waals surface area (Å²) in [6, 6.07) is 7.80. The number of hydrogen-bond donors (Lipinski definition) is 2. The Morgan fingerprint density at radius 2 is 2.22 bits per heavy atom. The van der Waals surface area contributed by atoms with E-state index in [4.69, 9.17) is 5.73 Å². The molecule has 3 aromatic rings. The SMILES string of the molecule is NCc1ccc(-c2n[nH]c(-c3cccs3)n2)nc1. The van der Waals surface area contributed by atoms with E-state index >= 15 is 0 Å². The number of hydrogen-bond acceptors (Lipinski definition) is 5. The molecule has 0 aliphatic carbocycles. The summed E-state index contributed by atoms with van der Waals surface area (Å²) in [6.07, 6.45) is 1.75. The summed E-state index contributed by atoms with van der Waals surface area (Å²) in [5, 5.41) is 9.10. The fraction of sp³-hybridized carbons (Fsp3) is 0.0833. The highest BCUT2D eigenvalue weighted by Gasteiger charge is 2.09. The monoisotopic (exact) mass is 257 g/mol. The van der Waals surface area contributed by atoms with Crippen LogP contribution in [0.4, 0.5) is 0 Å². The van der Waals surface area contributed by atoms with Crippen molar-refractivity contribution in [3.8, 4) is 22.2 Å². The molecule has 0 aliphatic rings. The normalized spacial score (nSPS) is 10.7. The summed E-state index contributed by atoms with van der Waals surface area (Å²) in [7, 11) is 0. The third kappa shape index (κ3) is 2.03. The van der Waals surface area contributed by atoms with Gasteiger partial charge in [-0.25, -0.2) is 4.98 Å². The quantitative estimate of drug-likeness (QED) is 0.752. The van der Waals surface area contributed by atoms with Gasteiger partial charge in [-0.3, -0.25) is 10.1 Å². The maximum atomic E-state index is 5.53. The van der Waals surface area contributed by atoms with Crippen LogP contribution in [-0.2, 0) is 6.54 Å². The van der Waals surface area contributed by atoms with Gasteiger partial charge in [0.15, 0.2) is 11.6 Å². The van der Waals surface area contributed by atoms with Crippen LogP contribution in [0.15, 0.2) is 35.8 Å². The van der Waals surface area contributed by atoms with Crippen LogP contribution in [0.25, 0.3) is 22.2 Å². The summed E-state index contributed by atoms with van der Waals surface area (Å²) in [6.45, 7) is 0.488. The highest BCUT2D eigenvalue weighted by Crippen LogP contribution is 2.22. The molecule has 0 unspecified atom stereocenters. The standard InChI is InChI=1S/C12H11N5S/c13-6-8-3-4-9(14-7-8)11-15-12(17-16-11)10-2-1-5-18-10/h1-5,7H,6,13H2,(H,15,16,17). The van der Waals surface area contributed by atoms with Crippen molar-refractivity contribution in [3.63, 3.8) is 0 Å². The molecular formula is C12H11N5S. The molecule has 0 saturated carbocycles.